The fraction of sp³-hybridized carbons (Fsp3) is 0.440. The molecule has 0 aliphatic rings. The van der Waals surface area contributed by atoms with Gasteiger partial charge in [-0.2, -0.15) is 0 Å². The molecule has 2 aromatic rings. The van der Waals surface area contributed by atoms with Gasteiger partial charge in [-0.05, 0) is 36.5 Å². The van der Waals surface area contributed by atoms with Gasteiger partial charge >= 0.3 is 0 Å². The molecule has 0 saturated carbocycles. The number of nitrogens with one attached hydrogen (secondary N) is 1. The number of carbonyl (C=O) groups is 2. The summed E-state index contributed by atoms with van der Waals surface area (Å²) in [5.74, 6) is 0.569. The number of nitrogens with zero attached hydrogens (tertiary/aromatic N) is 2. The Kier molecular flexibility index (Phi) is 10.9. The van der Waals surface area contributed by atoms with E-state index < -0.39 is 11.0 Å². The Balaban J connectivity index is 2.10. The Bertz CT molecular complexity index is 934. The van der Waals surface area contributed by atoms with Crippen LogP contribution in [0.2, 0.25) is 0 Å². The van der Waals surface area contributed by atoms with Crippen molar-refractivity contribution >= 4 is 29.3 Å². The van der Waals surface area contributed by atoms with E-state index >= 15 is 0 Å². The first-order valence-electron chi connectivity index (χ1n) is 11.3. The van der Waals surface area contributed by atoms with Gasteiger partial charge in [-0.1, -0.05) is 56.7 Å². The summed E-state index contributed by atoms with van der Waals surface area (Å²) in [6.07, 6.45) is 2.42. The number of amides is 2. The number of nitro benzene ring substituents is 1. The van der Waals surface area contributed by atoms with E-state index in [-0.39, 0.29) is 23.3 Å². The summed E-state index contributed by atoms with van der Waals surface area (Å²) in [5, 5.41) is 13.8. The third kappa shape index (κ3) is 8.20. The van der Waals surface area contributed by atoms with Gasteiger partial charge in [0.1, 0.15) is 6.04 Å². The van der Waals surface area contributed by atoms with Gasteiger partial charge in [0.05, 0.1) is 10.7 Å². The van der Waals surface area contributed by atoms with Crippen LogP contribution in [0.5, 0.6) is 0 Å². The third-order valence-electron chi connectivity index (χ3n) is 5.46. The Morgan fingerprint density at radius 2 is 1.82 bits per heavy atom. The monoisotopic (exact) mass is 471 g/mol. The van der Waals surface area contributed by atoms with Crippen LogP contribution in [0.4, 0.5) is 5.69 Å². The van der Waals surface area contributed by atoms with Crippen molar-refractivity contribution in [2.45, 2.75) is 58.4 Å². The Morgan fingerprint density at radius 3 is 2.42 bits per heavy atom. The fourth-order valence-electron chi connectivity index (χ4n) is 3.45. The average Bonchev–Trinajstić information content (AvgIpc) is 2.80. The second-order valence-corrected chi connectivity index (χ2v) is 8.92. The van der Waals surface area contributed by atoms with E-state index in [1.54, 1.807) is 17.0 Å². The minimum Gasteiger partial charge on any atom is -0.354 e. The lowest BCUT2D eigenvalue weighted by Crippen LogP contribution is -2.49. The molecule has 0 radical (unpaired) electrons. The molecule has 0 aliphatic heterocycles. The van der Waals surface area contributed by atoms with E-state index in [4.69, 9.17) is 0 Å². The highest BCUT2D eigenvalue weighted by molar-refractivity contribution is 7.99. The zero-order valence-corrected chi connectivity index (χ0v) is 20.4. The maximum Gasteiger partial charge on any atom is 0.269 e. The molecule has 0 spiro atoms. The van der Waals surface area contributed by atoms with Crippen LogP contribution in [-0.4, -0.2) is 40.0 Å². The zero-order chi connectivity index (χ0) is 24.2. The van der Waals surface area contributed by atoms with Crippen molar-refractivity contribution in [2.75, 3.05) is 12.3 Å². The van der Waals surface area contributed by atoms with Crippen molar-refractivity contribution in [2.24, 2.45) is 0 Å². The number of benzene rings is 2. The predicted octanol–water partition coefficient (Wildman–Crippen LogP) is 4.86. The van der Waals surface area contributed by atoms with Crippen molar-refractivity contribution in [3.8, 4) is 0 Å². The molecule has 178 valence electrons. The summed E-state index contributed by atoms with van der Waals surface area (Å²) in [7, 11) is 0. The number of thioether (sulfide) groups is 1. The second kappa shape index (κ2) is 13.6. The number of hydrogen-bond acceptors (Lipinski definition) is 5. The number of hydrogen-bond donors (Lipinski definition) is 1. The maximum absolute atomic E-state index is 13.3. The van der Waals surface area contributed by atoms with Crippen molar-refractivity contribution < 1.29 is 14.5 Å². The standard InChI is InChI=1S/C25H33N3O4S/c1-4-6-15-26-25(30)23(5-2)27(16-21-10-8-7-9-19(21)3)24(29)18-33-17-20-11-13-22(14-12-20)28(31)32/h7-14,23H,4-6,15-18H2,1-3H3,(H,26,30). The summed E-state index contributed by atoms with van der Waals surface area (Å²) in [6.45, 7) is 6.98. The Morgan fingerprint density at radius 1 is 1.12 bits per heavy atom. The first-order valence-corrected chi connectivity index (χ1v) is 12.5. The van der Waals surface area contributed by atoms with E-state index in [1.165, 1.54) is 23.9 Å². The van der Waals surface area contributed by atoms with Crippen LogP contribution in [0.3, 0.4) is 0 Å². The maximum atomic E-state index is 13.3. The summed E-state index contributed by atoms with van der Waals surface area (Å²) >= 11 is 1.44. The van der Waals surface area contributed by atoms with E-state index in [1.807, 2.05) is 38.1 Å². The minimum absolute atomic E-state index is 0.0455. The van der Waals surface area contributed by atoms with Crippen molar-refractivity contribution in [3.63, 3.8) is 0 Å². The smallest absolute Gasteiger partial charge is 0.269 e. The molecule has 0 aromatic heterocycles. The quantitative estimate of drug-likeness (QED) is 0.256. The number of nitro groups is 1. The van der Waals surface area contributed by atoms with Gasteiger partial charge in [-0.25, -0.2) is 0 Å². The molecule has 1 unspecified atom stereocenters. The third-order valence-corrected chi connectivity index (χ3v) is 6.45. The van der Waals surface area contributed by atoms with E-state index in [0.29, 0.717) is 25.3 Å². The lowest BCUT2D eigenvalue weighted by molar-refractivity contribution is -0.384. The van der Waals surface area contributed by atoms with Crippen LogP contribution in [0.1, 0.15) is 49.8 Å². The molecule has 0 fully saturated rings. The van der Waals surface area contributed by atoms with Crippen molar-refractivity contribution in [3.05, 3.63) is 75.3 Å². The average molecular weight is 472 g/mol. The molecular weight excluding hydrogens is 438 g/mol. The van der Waals surface area contributed by atoms with E-state index in [2.05, 4.69) is 12.2 Å². The number of aryl methyl sites for hydroxylation is 1. The summed E-state index contributed by atoms with van der Waals surface area (Å²) in [4.78, 5) is 38.2. The zero-order valence-electron chi connectivity index (χ0n) is 19.6. The lowest BCUT2D eigenvalue weighted by Gasteiger charge is -2.31. The van der Waals surface area contributed by atoms with Gasteiger partial charge in [-0.15, -0.1) is 11.8 Å². The molecule has 7 nitrogen and oxygen atoms in total. The Hall–Kier alpha value is -2.87. The van der Waals surface area contributed by atoms with E-state index in [0.717, 1.165) is 29.5 Å². The molecule has 0 saturated heterocycles. The molecule has 1 N–H and O–H groups in total. The molecule has 0 aliphatic carbocycles. The number of carbonyl (C=O) groups excluding carboxylic acids is 2. The van der Waals surface area contributed by atoms with Crippen molar-refractivity contribution in [1.82, 2.24) is 10.2 Å². The van der Waals surface area contributed by atoms with Crippen LogP contribution in [0.25, 0.3) is 0 Å². The summed E-state index contributed by atoms with van der Waals surface area (Å²) < 4.78 is 0. The van der Waals surface area contributed by atoms with Gasteiger partial charge in [0.15, 0.2) is 0 Å². The fourth-order valence-corrected chi connectivity index (χ4v) is 4.32. The molecular formula is C25H33N3O4S. The topological polar surface area (TPSA) is 92.6 Å². The van der Waals surface area contributed by atoms with Gasteiger partial charge in [0, 0.05) is 31.0 Å². The molecule has 2 amide bonds. The largest absolute Gasteiger partial charge is 0.354 e. The minimum atomic E-state index is -0.533. The van der Waals surface area contributed by atoms with Crippen LogP contribution >= 0.6 is 11.8 Å². The highest BCUT2D eigenvalue weighted by atomic mass is 32.2. The molecule has 2 aromatic carbocycles. The van der Waals surface area contributed by atoms with Gasteiger partial charge < -0.3 is 10.2 Å². The van der Waals surface area contributed by atoms with Crippen LogP contribution in [-0.2, 0) is 21.9 Å². The van der Waals surface area contributed by atoms with Gasteiger partial charge in [-0.3, -0.25) is 19.7 Å². The number of rotatable bonds is 13. The molecule has 0 bridgehead atoms. The van der Waals surface area contributed by atoms with E-state index in [9.17, 15) is 19.7 Å². The predicted molar refractivity (Wildman–Crippen MR) is 133 cm³/mol. The van der Waals surface area contributed by atoms with Crippen LogP contribution in [0.15, 0.2) is 48.5 Å². The molecule has 8 heteroatoms. The van der Waals surface area contributed by atoms with Gasteiger partial charge in [0.25, 0.3) is 5.69 Å². The first kappa shape index (κ1) is 26.4. The summed E-state index contributed by atoms with van der Waals surface area (Å²) in [6, 6.07) is 13.7. The first-order chi connectivity index (χ1) is 15.9. The number of non-ortho nitro benzene ring substituents is 1. The second-order valence-electron chi connectivity index (χ2n) is 7.93. The molecule has 33 heavy (non-hydrogen) atoms. The molecule has 0 heterocycles. The van der Waals surface area contributed by atoms with Crippen LogP contribution < -0.4 is 5.32 Å². The summed E-state index contributed by atoms with van der Waals surface area (Å²) in [5.41, 5.74) is 3.05. The highest BCUT2D eigenvalue weighted by Gasteiger charge is 2.28. The molecule has 2 rings (SSSR count). The Labute approximate surface area is 200 Å². The van der Waals surface area contributed by atoms with Gasteiger partial charge in [0.2, 0.25) is 11.8 Å². The lowest BCUT2D eigenvalue weighted by atomic mass is 10.1. The van der Waals surface area contributed by atoms with Crippen molar-refractivity contribution in [1.29, 1.82) is 0 Å². The SMILES string of the molecule is CCCCNC(=O)C(CC)N(Cc1ccccc1C)C(=O)CSCc1ccc([N+](=O)[O-])cc1. The van der Waals surface area contributed by atoms with Crippen LogP contribution in [0, 0.1) is 17.0 Å². The number of unbranched alkanes of at least 4 members (excludes halogenated alkanes) is 1. The molecule has 1 atom stereocenters. The highest BCUT2D eigenvalue weighted by Crippen LogP contribution is 2.20. The normalized spacial score (nSPS) is 11.6.